The second kappa shape index (κ2) is 10.9. The molecule has 8 heteroatoms. The van der Waals surface area contributed by atoms with Gasteiger partial charge in [-0.15, -0.1) is 0 Å². The van der Waals surface area contributed by atoms with Crippen molar-refractivity contribution < 1.29 is 32.6 Å². The molecule has 3 aromatic carbocycles. The van der Waals surface area contributed by atoms with E-state index in [1.165, 1.54) is 26.0 Å². The molecule has 1 N–H and O–H groups in total. The van der Waals surface area contributed by atoms with Gasteiger partial charge >= 0.3 is 215 Å². The molecule has 0 fully saturated rings. The van der Waals surface area contributed by atoms with Crippen LogP contribution in [0.5, 0.6) is 5.75 Å². The zero-order valence-electron chi connectivity index (χ0n) is 20.4. The van der Waals surface area contributed by atoms with E-state index >= 15 is 0 Å². The third-order valence-electron chi connectivity index (χ3n) is 5.89. The predicted molar refractivity (Wildman–Crippen MR) is 135 cm³/mol. The van der Waals surface area contributed by atoms with Crippen molar-refractivity contribution in [3.8, 4) is 16.9 Å². The van der Waals surface area contributed by atoms with Crippen molar-refractivity contribution in [2.45, 2.75) is 50.6 Å². The molecule has 0 saturated carbocycles. The van der Waals surface area contributed by atoms with Gasteiger partial charge in [0.2, 0.25) is 0 Å². The van der Waals surface area contributed by atoms with Gasteiger partial charge in [-0.05, 0) is 0 Å². The molecule has 4 nitrogen and oxygen atoms in total. The number of aliphatic carboxylic acids is 1. The van der Waals surface area contributed by atoms with Crippen LogP contribution in [0.25, 0.3) is 11.1 Å². The summed E-state index contributed by atoms with van der Waals surface area (Å²) in [5.74, 6) is -0.565. The van der Waals surface area contributed by atoms with E-state index in [9.17, 15) is 27.9 Å². The molecule has 0 saturated heterocycles. The monoisotopic (exact) mass is 560 g/mol. The van der Waals surface area contributed by atoms with E-state index in [4.69, 9.17) is 4.74 Å². The Morgan fingerprint density at radius 3 is 1.97 bits per heavy atom. The van der Waals surface area contributed by atoms with Crippen LogP contribution in [-0.4, -0.2) is 37.0 Å². The number of carbonyl (C=O) groups excluding carboxylic acids is 1. The van der Waals surface area contributed by atoms with Gasteiger partial charge in [-0.1, -0.05) is 0 Å². The van der Waals surface area contributed by atoms with Crippen LogP contribution in [-0.2, 0) is 11.0 Å². The van der Waals surface area contributed by atoms with E-state index in [-0.39, 0.29) is 9.28 Å². The third kappa shape index (κ3) is 6.58. The Morgan fingerprint density at radius 2 is 1.50 bits per heavy atom. The predicted octanol–water partition coefficient (Wildman–Crippen LogP) is 6.65. The Bertz CT molecular complexity index is 1230. The van der Waals surface area contributed by atoms with Crippen LogP contribution in [0.2, 0.25) is 0 Å². The van der Waals surface area contributed by atoms with Gasteiger partial charge in [-0.25, -0.2) is 0 Å². The Labute approximate surface area is 215 Å². The summed E-state index contributed by atoms with van der Waals surface area (Å²) < 4.78 is 44.2. The summed E-state index contributed by atoms with van der Waals surface area (Å²) in [5.41, 5.74) is 1.74. The van der Waals surface area contributed by atoms with Crippen molar-refractivity contribution in [2.75, 3.05) is 0 Å². The summed E-state index contributed by atoms with van der Waals surface area (Å²) in [5, 5.41) is 9.31. The quantitative estimate of drug-likeness (QED) is 0.298. The number of alkyl halides is 3. The van der Waals surface area contributed by atoms with Gasteiger partial charge in [0.15, 0.2) is 0 Å². The molecule has 0 bridgehead atoms. The first-order valence-electron chi connectivity index (χ1n) is 11.4. The first-order chi connectivity index (χ1) is 16.8. The van der Waals surface area contributed by atoms with Crippen LogP contribution in [0, 0.1) is 6.92 Å². The second-order valence-electron chi connectivity index (χ2n) is 9.03. The van der Waals surface area contributed by atoms with Crippen LogP contribution in [0.3, 0.4) is 0 Å². The van der Waals surface area contributed by atoms with Crippen molar-refractivity contribution in [1.29, 1.82) is 0 Å². The summed E-state index contributed by atoms with van der Waals surface area (Å²) in [7, 11) is 0. The van der Waals surface area contributed by atoms with E-state index in [2.05, 4.69) is 0 Å². The molecular weight excluding hydrogens is 532 g/mol. The maximum absolute atomic E-state index is 13.0. The molecule has 0 radical (unpaired) electrons. The number of halogens is 3. The molecule has 0 aliphatic rings. The van der Waals surface area contributed by atoms with E-state index < -0.39 is 39.1 Å². The van der Waals surface area contributed by atoms with E-state index in [1.54, 1.807) is 30.3 Å². The number of benzene rings is 3. The summed E-state index contributed by atoms with van der Waals surface area (Å²) >= 11 is -1.07. The second-order valence-corrected chi connectivity index (χ2v) is 12.0. The Hall–Kier alpha value is -3.05. The van der Waals surface area contributed by atoms with Gasteiger partial charge < -0.3 is 0 Å². The van der Waals surface area contributed by atoms with Crippen molar-refractivity contribution in [1.82, 2.24) is 0 Å². The minimum atomic E-state index is -4.38. The van der Waals surface area contributed by atoms with Crippen molar-refractivity contribution in [3.05, 3.63) is 89.0 Å². The van der Waals surface area contributed by atoms with E-state index in [0.29, 0.717) is 16.9 Å². The van der Waals surface area contributed by atoms with Gasteiger partial charge in [0, 0.05) is 0 Å². The van der Waals surface area contributed by atoms with E-state index in [0.717, 1.165) is 35.2 Å². The molecule has 3 rings (SSSR count). The number of carboxylic acid groups (broad SMARTS) is 1. The molecule has 0 amide bonds. The van der Waals surface area contributed by atoms with Gasteiger partial charge in [0.1, 0.15) is 0 Å². The number of aryl methyl sites for hydroxylation is 1. The van der Waals surface area contributed by atoms with Crippen LogP contribution in [0.15, 0.2) is 66.7 Å². The van der Waals surface area contributed by atoms with Gasteiger partial charge in [-0.2, -0.15) is 0 Å². The molecule has 0 heterocycles. The topological polar surface area (TPSA) is 63.6 Å². The summed E-state index contributed by atoms with van der Waals surface area (Å²) in [6, 6.07) is 17.5. The van der Waals surface area contributed by atoms with Crippen LogP contribution in [0.1, 0.15) is 58.9 Å². The maximum atomic E-state index is 13.0. The first kappa shape index (κ1) is 27.5. The molecule has 2 unspecified atom stereocenters. The van der Waals surface area contributed by atoms with Crippen molar-refractivity contribution in [3.63, 3.8) is 0 Å². The molecule has 0 aliphatic carbocycles. The minimum absolute atomic E-state index is 0.0887. The molecular formula is C28H28AsF3O4. The Kier molecular flexibility index (Phi) is 8.35. The van der Waals surface area contributed by atoms with Crippen molar-refractivity contribution >= 4 is 26.3 Å². The Morgan fingerprint density at radius 1 is 0.944 bits per heavy atom. The summed E-state index contributed by atoms with van der Waals surface area (Å²) in [4.78, 5) is 24.4. The molecule has 190 valence electrons. The zero-order valence-corrected chi connectivity index (χ0v) is 22.5. The molecule has 36 heavy (non-hydrogen) atoms. The molecule has 3 aromatic rings. The molecule has 0 spiro atoms. The number of hydrogen-bond donors (Lipinski definition) is 1. The number of rotatable bonds is 9. The van der Waals surface area contributed by atoms with Crippen LogP contribution in [0.4, 0.5) is 13.2 Å². The number of carboxylic acids is 1. The first-order valence-corrected chi connectivity index (χ1v) is 13.7. The summed E-state index contributed by atoms with van der Waals surface area (Å²) in [6.45, 7) is 6.87. The normalized spacial score (nSPS) is 13.1. The zero-order chi connectivity index (χ0) is 26.7. The fourth-order valence-electron chi connectivity index (χ4n) is 3.65. The fraction of sp³-hybridized carbons (Fsp3) is 0.286. The molecule has 0 aromatic heterocycles. The number of ether oxygens (including phenoxy) is 1. The van der Waals surface area contributed by atoms with Gasteiger partial charge in [-0.3, -0.25) is 0 Å². The number of carbonyl (C=O) groups is 2. The fourth-order valence-corrected chi connectivity index (χ4v) is 6.17. The SMILES string of the molecule is CCC([AsH]C(=O)c1ccc(-c2ccc(C(F)(F)F)cc2)cc1)c1ccc(OC(C)(C)C(=O)O)c(C)c1. The van der Waals surface area contributed by atoms with E-state index in [1.807, 2.05) is 26.0 Å². The summed E-state index contributed by atoms with van der Waals surface area (Å²) in [6.07, 6.45) is -3.59. The molecule has 0 aliphatic heterocycles. The molecule has 2 atom stereocenters. The van der Waals surface area contributed by atoms with Crippen molar-refractivity contribution in [2.24, 2.45) is 0 Å². The van der Waals surface area contributed by atoms with Crippen LogP contribution >= 0.6 is 0 Å². The number of hydrogen-bond acceptors (Lipinski definition) is 3. The average Bonchev–Trinajstić information content (AvgIpc) is 2.83. The van der Waals surface area contributed by atoms with Gasteiger partial charge in [0.25, 0.3) is 0 Å². The average molecular weight is 560 g/mol. The standard InChI is InChI=1S/C28H28AsF3O4/c1-5-23(21-12-15-24(17(2)16-21)36-27(3,4)26(34)35)29-25(33)20-8-6-18(7-9-20)19-10-13-22(14-11-19)28(30,31)32/h6-16,23,29H,5H2,1-4H3,(H,34,35). The Balaban J connectivity index is 1.71. The van der Waals surface area contributed by atoms with Crippen LogP contribution < -0.4 is 4.74 Å². The van der Waals surface area contributed by atoms with Gasteiger partial charge in [0.05, 0.1) is 0 Å². The third-order valence-corrected chi connectivity index (χ3v) is 9.33.